The highest BCUT2D eigenvalue weighted by atomic mass is 16.5. The van der Waals surface area contributed by atoms with Gasteiger partial charge >= 0.3 is 0 Å². The van der Waals surface area contributed by atoms with Gasteiger partial charge in [-0.3, -0.25) is 0 Å². The van der Waals surface area contributed by atoms with Crippen molar-refractivity contribution in [2.75, 3.05) is 19.8 Å². The van der Waals surface area contributed by atoms with Crippen LogP contribution in [0.5, 0.6) is 0 Å². The van der Waals surface area contributed by atoms with Gasteiger partial charge in [-0.15, -0.1) is 0 Å². The highest BCUT2D eigenvalue weighted by Crippen LogP contribution is 2.33. The van der Waals surface area contributed by atoms with Gasteiger partial charge in [0.1, 0.15) is 0 Å². The molecule has 1 saturated carbocycles. The second kappa shape index (κ2) is 4.51. The summed E-state index contributed by atoms with van der Waals surface area (Å²) < 4.78 is 10.7. The molecule has 0 spiro atoms. The van der Waals surface area contributed by atoms with E-state index in [1.54, 1.807) is 0 Å². The number of morpholine rings is 1. The molecule has 2 aliphatic rings. The van der Waals surface area contributed by atoms with Crippen LogP contribution in [0.1, 0.15) is 49.4 Å². The maximum absolute atomic E-state index is 5.39. The second-order valence-electron chi connectivity index (χ2n) is 4.55. The third kappa shape index (κ3) is 1.97. The summed E-state index contributed by atoms with van der Waals surface area (Å²) in [5, 5.41) is 7.39. The lowest BCUT2D eigenvalue weighted by molar-refractivity contribution is 0.0734. The Kier molecular flexibility index (Phi) is 2.88. The van der Waals surface area contributed by atoms with E-state index in [4.69, 9.17) is 9.26 Å². The smallest absolute Gasteiger partial charge is 0.229 e. The highest BCUT2D eigenvalue weighted by Gasteiger charge is 2.26. The lowest BCUT2D eigenvalue weighted by Gasteiger charge is -2.20. The summed E-state index contributed by atoms with van der Waals surface area (Å²) in [5.74, 6) is 2.06. The monoisotopic (exact) mass is 223 g/mol. The molecule has 1 aromatic rings. The number of aromatic nitrogens is 2. The minimum absolute atomic E-state index is 0.104. The van der Waals surface area contributed by atoms with Crippen molar-refractivity contribution in [2.24, 2.45) is 0 Å². The summed E-state index contributed by atoms with van der Waals surface area (Å²) in [6.07, 6.45) is 4.95. The van der Waals surface area contributed by atoms with Crippen LogP contribution in [0.2, 0.25) is 0 Å². The molecule has 2 fully saturated rings. The summed E-state index contributed by atoms with van der Waals surface area (Å²) in [6.45, 7) is 2.27. The zero-order valence-corrected chi connectivity index (χ0v) is 9.32. The second-order valence-corrected chi connectivity index (χ2v) is 4.55. The lowest BCUT2D eigenvalue weighted by Crippen LogP contribution is -2.35. The van der Waals surface area contributed by atoms with E-state index in [9.17, 15) is 0 Å². The Morgan fingerprint density at radius 1 is 1.25 bits per heavy atom. The molecule has 2 heterocycles. The van der Waals surface area contributed by atoms with E-state index < -0.39 is 0 Å². The van der Waals surface area contributed by atoms with Gasteiger partial charge in [-0.2, -0.15) is 4.98 Å². The molecule has 1 N–H and O–H groups in total. The maximum atomic E-state index is 5.39. The number of rotatable bonds is 2. The maximum Gasteiger partial charge on any atom is 0.229 e. The third-order valence-corrected chi connectivity index (χ3v) is 3.40. The first kappa shape index (κ1) is 10.2. The number of hydrogen-bond donors (Lipinski definition) is 1. The number of ether oxygens (including phenoxy) is 1. The number of nitrogens with one attached hydrogen (secondary N) is 1. The first-order chi connectivity index (χ1) is 7.93. The summed E-state index contributed by atoms with van der Waals surface area (Å²) in [7, 11) is 0. The van der Waals surface area contributed by atoms with Crippen molar-refractivity contribution >= 4 is 0 Å². The molecule has 1 saturated heterocycles. The summed E-state index contributed by atoms with van der Waals surface area (Å²) >= 11 is 0. The van der Waals surface area contributed by atoms with Crippen LogP contribution in [-0.4, -0.2) is 29.9 Å². The molecular formula is C11H17N3O2. The van der Waals surface area contributed by atoms with Gasteiger partial charge in [-0.25, -0.2) is 0 Å². The van der Waals surface area contributed by atoms with Crippen molar-refractivity contribution in [3.63, 3.8) is 0 Å². The minimum Gasteiger partial charge on any atom is -0.378 e. The predicted molar refractivity (Wildman–Crippen MR) is 57.1 cm³/mol. The van der Waals surface area contributed by atoms with Crippen molar-refractivity contribution in [3.05, 3.63) is 11.7 Å². The van der Waals surface area contributed by atoms with Gasteiger partial charge in [-0.05, 0) is 12.8 Å². The van der Waals surface area contributed by atoms with Crippen LogP contribution < -0.4 is 5.32 Å². The minimum atomic E-state index is 0.104. The van der Waals surface area contributed by atoms with Crippen molar-refractivity contribution < 1.29 is 9.26 Å². The Morgan fingerprint density at radius 3 is 2.88 bits per heavy atom. The first-order valence-electron chi connectivity index (χ1n) is 6.08. The molecule has 16 heavy (non-hydrogen) atoms. The SMILES string of the molecule is C1CCC(c2nc(C3COCCN3)no2)C1. The Labute approximate surface area is 94.6 Å². The Balaban J connectivity index is 1.71. The fourth-order valence-corrected chi connectivity index (χ4v) is 2.46. The molecule has 1 unspecified atom stereocenters. The van der Waals surface area contributed by atoms with Crippen LogP contribution in [0.4, 0.5) is 0 Å². The zero-order valence-electron chi connectivity index (χ0n) is 9.32. The third-order valence-electron chi connectivity index (χ3n) is 3.40. The van der Waals surface area contributed by atoms with Gasteiger partial charge in [0.15, 0.2) is 5.82 Å². The van der Waals surface area contributed by atoms with Gasteiger partial charge in [0.05, 0.1) is 19.3 Å². The van der Waals surface area contributed by atoms with Crippen LogP contribution in [0.25, 0.3) is 0 Å². The summed E-state index contributed by atoms with van der Waals surface area (Å²) in [6, 6.07) is 0.104. The van der Waals surface area contributed by atoms with Crippen LogP contribution in [0.15, 0.2) is 4.52 Å². The topological polar surface area (TPSA) is 60.2 Å². The summed E-state index contributed by atoms with van der Waals surface area (Å²) in [5.41, 5.74) is 0. The van der Waals surface area contributed by atoms with Crippen molar-refractivity contribution in [2.45, 2.75) is 37.6 Å². The summed E-state index contributed by atoms with van der Waals surface area (Å²) in [4.78, 5) is 4.50. The molecule has 0 amide bonds. The molecular weight excluding hydrogens is 206 g/mol. The zero-order chi connectivity index (χ0) is 10.8. The molecule has 5 nitrogen and oxygen atoms in total. The van der Waals surface area contributed by atoms with E-state index >= 15 is 0 Å². The molecule has 1 atom stereocenters. The molecule has 0 aromatic carbocycles. The average molecular weight is 223 g/mol. The molecule has 0 bridgehead atoms. The van der Waals surface area contributed by atoms with Crippen LogP contribution in [0.3, 0.4) is 0 Å². The molecule has 1 aliphatic carbocycles. The van der Waals surface area contributed by atoms with E-state index in [-0.39, 0.29) is 6.04 Å². The first-order valence-corrected chi connectivity index (χ1v) is 6.08. The largest absolute Gasteiger partial charge is 0.378 e. The standard InChI is InChI=1S/C11H17N3O2/c1-2-4-8(3-1)11-13-10(14-16-11)9-7-15-6-5-12-9/h8-9,12H,1-7H2. The van der Waals surface area contributed by atoms with E-state index in [0.717, 1.165) is 24.9 Å². The molecule has 5 heteroatoms. The van der Waals surface area contributed by atoms with E-state index in [1.165, 1.54) is 25.7 Å². The van der Waals surface area contributed by atoms with Crippen molar-refractivity contribution in [1.29, 1.82) is 0 Å². The number of hydrogen-bond acceptors (Lipinski definition) is 5. The molecule has 0 radical (unpaired) electrons. The van der Waals surface area contributed by atoms with Crippen LogP contribution >= 0.6 is 0 Å². The van der Waals surface area contributed by atoms with E-state index in [1.807, 2.05) is 0 Å². The van der Waals surface area contributed by atoms with Crippen molar-refractivity contribution in [1.82, 2.24) is 15.5 Å². The predicted octanol–water partition coefficient (Wildman–Crippen LogP) is 1.39. The molecule has 3 rings (SSSR count). The Morgan fingerprint density at radius 2 is 2.12 bits per heavy atom. The van der Waals surface area contributed by atoms with Gasteiger partial charge in [0, 0.05) is 12.5 Å². The fraction of sp³-hybridized carbons (Fsp3) is 0.818. The van der Waals surface area contributed by atoms with Gasteiger partial charge in [0.25, 0.3) is 0 Å². The van der Waals surface area contributed by atoms with Gasteiger partial charge in [-0.1, -0.05) is 18.0 Å². The lowest BCUT2D eigenvalue weighted by atomic mass is 10.1. The fourth-order valence-electron chi connectivity index (χ4n) is 2.46. The quantitative estimate of drug-likeness (QED) is 0.821. The average Bonchev–Trinajstić information content (AvgIpc) is 3.01. The van der Waals surface area contributed by atoms with E-state index in [2.05, 4.69) is 15.5 Å². The van der Waals surface area contributed by atoms with E-state index in [0.29, 0.717) is 12.5 Å². The Hall–Kier alpha value is -0.940. The normalized spacial score (nSPS) is 27.4. The number of nitrogens with zero attached hydrogens (tertiary/aromatic N) is 2. The molecule has 88 valence electrons. The van der Waals surface area contributed by atoms with Gasteiger partial charge < -0.3 is 14.6 Å². The van der Waals surface area contributed by atoms with Crippen molar-refractivity contribution in [3.8, 4) is 0 Å². The highest BCUT2D eigenvalue weighted by molar-refractivity contribution is 5.00. The molecule has 1 aromatic heterocycles. The molecule has 1 aliphatic heterocycles. The van der Waals surface area contributed by atoms with Gasteiger partial charge in [0.2, 0.25) is 5.89 Å². The Bertz CT molecular complexity index is 341. The van der Waals surface area contributed by atoms with Crippen LogP contribution in [0, 0.1) is 0 Å². The van der Waals surface area contributed by atoms with Crippen LogP contribution in [-0.2, 0) is 4.74 Å².